The first-order chi connectivity index (χ1) is 11.1. The standard InChI is InChI=1S/C18H28N2O3/c1-3-17(21)13-19-9-11-20(12-10-19)18(22)15(2)23-14-16-7-5-4-6-8-16/h4-8,15,17,21H,3,9-14H2,1-2H3. The van der Waals surface area contributed by atoms with E-state index in [1.807, 2.05) is 49.1 Å². The number of benzene rings is 1. The minimum atomic E-state index is -0.428. The maximum Gasteiger partial charge on any atom is 0.251 e. The topological polar surface area (TPSA) is 53.0 Å². The second-order valence-corrected chi connectivity index (χ2v) is 6.13. The van der Waals surface area contributed by atoms with Crippen LogP contribution in [0.25, 0.3) is 0 Å². The third-order valence-electron chi connectivity index (χ3n) is 4.31. The minimum Gasteiger partial charge on any atom is -0.392 e. The molecule has 1 aliphatic heterocycles. The lowest BCUT2D eigenvalue weighted by Crippen LogP contribution is -2.52. The van der Waals surface area contributed by atoms with Crippen molar-refractivity contribution in [2.24, 2.45) is 0 Å². The van der Waals surface area contributed by atoms with Crippen LogP contribution in [0.3, 0.4) is 0 Å². The maximum absolute atomic E-state index is 12.4. The first-order valence-corrected chi connectivity index (χ1v) is 8.45. The van der Waals surface area contributed by atoms with Crippen LogP contribution in [0.5, 0.6) is 0 Å². The van der Waals surface area contributed by atoms with Gasteiger partial charge in [-0.05, 0) is 18.9 Å². The Bertz CT molecular complexity index is 472. The number of piperazine rings is 1. The second kappa shape index (κ2) is 9.01. The molecule has 1 heterocycles. The summed E-state index contributed by atoms with van der Waals surface area (Å²) in [5.74, 6) is 0.0524. The molecule has 1 amide bonds. The van der Waals surface area contributed by atoms with Gasteiger partial charge in [0.1, 0.15) is 6.10 Å². The molecule has 0 spiro atoms. The highest BCUT2D eigenvalue weighted by Gasteiger charge is 2.25. The summed E-state index contributed by atoms with van der Waals surface area (Å²) in [5, 5.41) is 9.71. The zero-order valence-corrected chi connectivity index (χ0v) is 14.1. The molecule has 1 aliphatic rings. The van der Waals surface area contributed by atoms with Crippen LogP contribution in [0.1, 0.15) is 25.8 Å². The molecular formula is C18H28N2O3. The van der Waals surface area contributed by atoms with Gasteiger partial charge in [0.15, 0.2) is 0 Å². The molecule has 1 aromatic rings. The molecule has 128 valence electrons. The van der Waals surface area contributed by atoms with Crippen molar-refractivity contribution in [3.05, 3.63) is 35.9 Å². The minimum absolute atomic E-state index is 0.0524. The summed E-state index contributed by atoms with van der Waals surface area (Å²) in [7, 11) is 0. The average molecular weight is 320 g/mol. The lowest BCUT2D eigenvalue weighted by Gasteiger charge is -2.36. The summed E-state index contributed by atoms with van der Waals surface area (Å²) in [5.41, 5.74) is 1.07. The highest BCUT2D eigenvalue weighted by Crippen LogP contribution is 2.09. The predicted octanol–water partition coefficient (Wildman–Crippen LogP) is 1.51. The van der Waals surface area contributed by atoms with Crippen molar-refractivity contribution in [2.75, 3.05) is 32.7 Å². The van der Waals surface area contributed by atoms with E-state index in [9.17, 15) is 9.90 Å². The van der Waals surface area contributed by atoms with E-state index in [-0.39, 0.29) is 12.0 Å². The molecule has 5 heteroatoms. The van der Waals surface area contributed by atoms with Crippen LogP contribution < -0.4 is 0 Å². The zero-order chi connectivity index (χ0) is 16.7. The first-order valence-electron chi connectivity index (χ1n) is 8.45. The van der Waals surface area contributed by atoms with Gasteiger partial charge in [-0.1, -0.05) is 37.3 Å². The highest BCUT2D eigenvalue weighted by atomic mass is 16.5. The molecule has 1 fully saturated rings. The molecule has 0 aromatic heterocycles. The van der Waals surface area contributed by atoms with Crippen LogP contribution in [0.4, 0.5) is 0 Å². The maximum atomic E-state index is 12.4. The van der Waals surface area contributed by atoms with Crippen LogP contribution in [0.15, 0.2) is 30.3 Å². The van der Waals surface area contributed by atoms with E-state index in [2.05, 4.69) is 4.90 Å². The molecular weight excluding hydrogens is 292 g/mol. The fourth-order valence-electron chi connectivity index (χ4n) is 2.70. The van der Waals surface area contributed by atoms with Crippen molar-refractivity contribution >= 4 is 5.91 Å². The van der Waals surface area contributed by atoms with Gasteiger partial charge in [0.25, 0.3) is 5.91 Å². The highest BCUT2D eigenvalue weighted by molar-refractivity contribution is 5.80. The Balaban J connectivity index is 1.73. The predicted molar refractivity (Wildman–Crippen MR) is 90.0 cm³/mol. The summed E-state index contributed by atoms with van der Waals surface area (Å²) in [6.45, 7) is 7.98. The lowest BCUT2D eigenvalue weighted by atomic mass is 10.2. The first kappa shape index (κ1) is 17.9. The Kier molecular flexibility index (Phi) is 7.02. The summed E-state index contributed by atoms with van der Waals surface area (Å²) >= 11 is 0. The zero-order valence-electron chi connectivity index (χ0n) is 14.1. The molecule has 2 atom stereocenters. The van der Waals surface area contributed by atoms with Crippen molar-refractivity contribution in [3.63, 3.8) is 0 Å². The van der Waals surface area contributed by atoms with E-state index < -0.39 is 6.10 Å². The molecule has 0 aliphatic carbocycles. The molecule has 1 aromatic carbocycles. The number of aliphatic hydroxyl groups is 1. The van der Waals surface area contributed by atoms with E-state index in [0.717, 1.165) is 25.1 Å². The Hall–Kier alpha value is -1.43. The molecule has 2 unspecified atom stereocenters. The number of nitrogens with zero attached hydrogens (tertiary/aromatic N) is 2. The Morgan fingerprint density at radius 2 is 1.87 bits per heavy atom. The number of amides is 1. The van der Waals surface area contributed by atoms with E-state index in [1.165, 1.54) is 0 Å². The van der Waals surface area contributed by atoms with Gasteiger partial charge in [-0.3, -0.25) is 9.69 Å². The van der Waals surface area contributed by atoms with Crippen molar-refractivity contribution in [3.8, 4) is 0 Å². The summed E-state index contributed by atoms with van der Waals surface area (Å²) in [4.78, 5) is 16.5. The lowest BCUT2D eigenvalue weighted by molar-refractivity contribution is -0.145. The molecule has 0 radical (unpaired) electrons. The normalized spacial score (nSPS) is 18.7. The van der Waals surface area contributed by atoms with Gasteiger partial charge in [-0.15, -0.1) is 0 Å². The second-order valence-electron chi connectivity index (χ2n) is 6.13. The van der Waals surface area contributed by atoms with Crippen LogP contribution in [-0.2, 0) is 16.1 Å². The molecule has 0 saturated carbocycles. The monoisotopic (exact) mass is 320 g/mol. The largest absolute Gasteiger partial charge is 0.392 e. The molecule has 1 saturated heterocycles. The number of hydrogen-bond donors (Lipinski definition) is 1. The van der Waals surface area contributed by atoms with Crippen LogP contribution in [0.2, 0.25) is 0 Å². The molecule has 1 N–H and O–H groups in total. The number of aliphatic hydroxyl groups excluding tert-OH is 1. The van der Waals surface area contributed by atoms with Gasteiger partial charge >= 0.3 is 0 Å². The van der Waals surface area contributed by atoms with Crippen LogP contribution in [-0.4, -0.2) is 65.7 Å². The number of rotatable bonds is 7. The third-order valence-corrected chi connectivity index (χ3v) is 4.31. The van der Waals surface area contributed by atoms with Crippen molar-refractivity contribution in [2.45, 2.75) is 39.1 Å². The Labute approximate surface area is 138 Å². The van der Waals surface area contributed by atoms with Gasteiger partial charge in [-0.2, -0.15) is 0 Å². The average Bonchev–Trinajstić information content (AvgIpc) is 2.60. The SMILES string of the molecule is CCC(O)CN1CCN(C(=O)C(C)OCc2ccccc2)CC1. The summed E-state index contributed by atoms with van der Waals surface area (Å²) in [6, 6.07) is 9.89. The van der Waals surface area contributed by atoms with E-state index in [0.29, 0.717) is 26.2 Å². The van der Waals surface area contributed by atoms with Gasteiger partial charge in [0, 0.05) is 32.7 Å². The van der Waals surface area contributed by atoms with Crippen LogP contribution >= 0.6 is 0 Å². The molecule has 23 heavy (non-hydrogen) atoms. The number of carbonyl (C=O) groups is 1. The van der Waals surface area contributed by atoms with E-state index in [4.69, 9.17) is 4.74 Å². The fourth-order valence-corrected chi connectivity index (χ4v) is 2.70. The van der Waals surface area contributed by atoms with Crippen molar-refractivity contribution < 1.29 is 14.6 Å². The van der Waals surface area contributed by atoms with Gasteiger partial charge in [-0.25, -0.2) is 0 Å². The number of β-amino-alcohol motifs (C(OH)–C–C–N with tert-alkyl or cyclic N) is 1. The smallest absolute Gasteiger partial charge is 0.251 e. The summed E-state index contributed by atoms with van der Waals surface area (Å²) in [6.07, 6.45) is 0.0668. The molecule has 5 nitrogen and oxygen atoms in total. The quantitative estimate of drug-likeness (QED) is 0.827. The Morgan fingerprint density at radius 3 is 2.48 bits per heavy atom. The van der Waals surface area contributed by atoms with Gasteiger partial charge in [0.05, 0.1) is 12.7 Å². The van der Waals surface area contributed by atoms with Crippen molar-refractivity contribution in [1.82, 2.24) is 9.80 Å². The van der Waals surface area contributed by atoms with Crippen molar-refractivity contribution in [1.29, 1.82) is 0 Å². The molecule has 2 rings (SSSR count). The number of carbonyl (C=O) groups excluding carboxylic acids is 1. The third kappa shape index (κ3) is 5.61. The van der Waals surface area contributed by atoms with Gasteiger partial charge < -0.3 is 14.7 Å². The number of ether oxygens (including phenoxy) is 1. The summed E-state index contributed by atoms with van der Waals surface area (Å²) < 4.78 is 5.71. The van der Waals surface area contributed by atoms with Gasteiger partial charge in [0.2, 0.25) is 0 Å². The van der Waals surface area contributed by atoms with E-state index >= 15 is 0 Å². The van der Waals surface area contributed by atoms with E-state index in [1.54, 1.807) is 0 Å². The Morgan fingerprint density at radius 1 is 1.22 bits per heavy atom. The molecule has 0 bridgehead atoms. The fraction of sp³-hybridized carbons (Fsp3) is 0.611. The number of hydrogen-bond acceptors (Lipinski definition) is 4. The van der Waals surface area contributed by atoms with Crippen LogP contribution in [0, 0.1) is 0 Å².